The SMILES string of the molecule is CC1(C)c2ccccc2-c2ccc(-c3cc(-n4c5ccccc5c5cc(-c6cccc7c6c6ccccc6n7-c6ccccc6)ccc54)cc4c3sc3ccccc34)cc21. The molecule has 0 spiro atoms. The summed E-state index contributed by atoms with van der Waals surface area (Å²) in [5, 5.41) is 7.65. The first kappa shape index (κ1) is 33.7. The fourth-order valence-corrected chi connectivity index (χ4v) is 11.8. The topological polar surface area (TPSA) is 9.86 Å². The van der Waals surface area contributed by atoms with Crippen LogP contribution in [0.5, 0.6) is 0 Å². The van der Waals surface area contributed by atoms with E-state index in [2.05, 4.69) is 217 Å². The lowest BCUT2D eigenvalue weighted by molar-refractivity contribution is 0.660. The molecule has 0 N–H and O–H groups in total. The summed E-state index contributed by atoms with van der Waals surface area (Å²) >= 11 is 1.91. The molecule has 0 saturated heterocycles. The van der Waals surface area contributed by atoms with Gasteiger partial charge in [0.25, 0.3) is 0 Å². The summed E-state index contributed by atoms with van der Waals surface area (Å²) in [5.74, 6) is 0. The second kappa shape index (κ2) is 12.4. The van der Waals surface area contributed by atoms with Gasteiger partial charge in [-0.2, -0.15) is 0 Å². The lowest BCUT2D eigenvalue weighted by Crippen LogP contribution is -2.14. The van der Waals surface area contributed by atoms with Crippen molar-refractivity contribution < 1.29 is 0 Å². The standard InChI is InChI=1S/C57H38N2S/c1-57(2)48-22-10-6-17-40(48)41-29-27-36(32-49(41)57)45-33-38(34-47-43-19-9-13-26-54(43)60-56(45)47)59-50-23-11-7-18-42(50)46-31-35(28-30-52(46)59)39-21-14-25-53-55(39)44-20-8-12-24-51(44)58(53)37-15-4-3-5-16-37/h3-34H,1-2H3. The molecule has 13 rings (SSSR count). The van der Waals surface area contributed by atoms with E-state index in [1.54, 1.807) is 0 Å². The first-order valence-electron chi connectivity index (χ1n) is 20.8. The molecular weight excluding hydrogens is 745 g/mol. The van der Waals surface area contributed by atoms with Crippen LogP contribution in [0, 0.1) is 0 Å². The van der Waals surface area contributed by atoms with Crippen molar-refractivity contribution in [2.75, 3.05) is 0 Å². The van der Waals surface area contributed by atoms with Crippen molar-refractivity contribution in [3.63, 3.8) is 0 Å². The summed E-state index contributed by atoms with van der Waals surface area (Å²) in [4.78, 5) is 0. The summed E-state index contributed by atoms with van der Waals surface area (Å²) < 4.78 is 7.55. The zero-order chi connectivity index (χ0) is 39.7. The zero-order valence-electron chi connectivity index (χ0n) is 33.3. The lowest BCUT2D eigenvalue weighted by Gasteiger charge is -2.22. The third-order valence-corrected chi connectivity index (χ3v) is 14.5. The smallest absolute Gasteiger partial charge is 0.0547 e. The third-order valence-electron chi connectivity index (χ3n) is 13.3. The van der Waals surface area contributed by atoms with Gasteiger partial charge in [0.1, 0.15) is 0 Å². The van der Waals surface area contributed by atoms with E-state index >= 15 is 0 Å². The van der Waals surface area contributed by atoms with Crippen molar-refractivity contribution in [3.05, 3.63) is 205 Å². The second-order valence-corrected chi connectivity index (χ2v) is 17.9. The van der Waals surface area contributed by atoms with E-state index in [4.69, 9.17) is 0 Å². The second-order valence-electron chi connectivity index (χ2n) is 16.9. The molecule has 3 heteroatoms. The van der Waals surface area contributed by atoms with Gasteiger partial charge < -0.3 is 9.13 Å². The van der Waals surface area contributed by atoms with E-state index in [0.717, 1.165) is 0 Å². The highest BCUT2D eigenvalue weighted by Crippen LogP contribution is 2.51. The highest BCUT2D eigenvalue weighted by molar-refractivity contribution is 7.26. The normalized spacial score (nSPS) is 13.3. The van der Waals surface area contributed by atoms with Crippen LogP contribution >= 0.6 is 11.3 Å². The van der Waals surface area contributed by atoms with Gasteiger partial charge in [0.2, 0.25) is 0 Å². The van der Waals surface area contributed by atoms with Gasteiger partial charge in [-0.05, 0) is 106 Å². The van der Waals surface area contributed by atoms with E-state index in [0.29, 0.717) is 0 Å². The van der Waals surface area contributed by atoms with E-state index < -0.39 is 0 Å². The molecule has 1 aliphatic rings. The van der Waals surface area contributed by atoms with Gasteiger partial charge in [-0.15, -0.1) is 11.3 Å². The van der Waals surface area contributed by atoms with Gasteiger partial charge in [-0.25, -0.2) is 0 Å². The molecule has 2 nitrogen and oxygen atoms in total. The molecule has 1 aliphatic carbocycles. The summed E-state index contributed by atoms with van der Waals surface area (Å²) in [7, 11) is 0. The fourth-order valence-electron chi connectivity index (χ4n) is 10.6. The average molecular weight is 783 g/mol. The highest BCUT2D eigenvalue weighted by atomic mass is 32.1. The Morgan fingerprint density at radius 1 is 0.367 bits per heavy atom. The predicted octanol–water partition coefficient (Wildman–Crippen LogP) is 15.9. The number of nitrogens with zero attached hydrogens (tertiary/aromatic N) is 2. The quantitative estimate of drug-likeness (QED) is 0.168. The number of rotatable bonds is 4. The molecule has 3 heterocycles. The van der Waals surface area contributed by atoms with Gasteiger partial charge in [0.15, 0.2) is 0 Å². The first-order chi connectivity index (χ1) is 29.5. The van der Waals surface area contributed by atoms with Crippen molar-refractivity contribution in [3.8, 4) is 44.8 Å². The zero-order valence-corrected chi connectivity index (χ0v) is 34.1. The van der Waals surface area contributed by atoms with Crippen LogP contribution in [-0.4, -0.2) is 9.13 Å². The minimum absolute atomic E-state index is 0.0792. The van der Waals surface area contributed by atoms with E-state index in [1.165, 1.54) is 120 Å². The van der Waals surface area contributed by atoms with Gasteiger partial charge in [0, 0.05) is 64.1 Å². The molecule has 12 aromatic rings. The minimum Gasteiger partial charge on any atom is -0.309 e. The van der Waals surface area contributed by atoms with Crippen LogP contribution < -0.4 is 0 Å². The summed E-state index contributed by atoms with van der Waals surface area (Å²) in [5.41, 5.74) is 17.6. The van der Waals surface area contributed by atoms with Crippen molar-refractivity contribution in [2.24, 2.45) is 0 Å². The van der Waals surface area contributed by atoms with Crippen molar-refractivity contribution in [2.45, 2.75) is 19.3 Å². The Balaban J connectivity index is 1.05. The van der Waals surface area contributed by atoms with Crippen LogP contribution in [0.4, 0.5) is 0 Å². The molecule has 0 saturated carbocycles. The Morgan fingerprint density at radius 3 is 1.85 bits per heavy atom. The maximum atomic E-state index is 2.50. The lowest BCUT2D eigenvalue weighted by atomic mass is 9.81. The molecule has 60 heavy (non-hydrogen) atoms. The fraction of sp³-hybridized carbons (Fsp3) is 0.0526. The van der Waals surface area contributed by atoms with Crippen LogP contribution in [0.2, 0.25) is 0 Å². The number of hydrogen-bond acceptors (Lipinski definition) is 1. The van der Waals surface area contributed by atoms with E-state index in [1.807, 2.05) is 11.3 Å². The molecule has 0 amide bonds. The van der Waals surface area contributed by atoms with Gasteiger partial charge >= 0.3 is 0 Å². The number of fused-ring (bicyclic) bond motifs is 12. The van der Waals surface area contributed by atoms with Crippen LogP contribution in [0.1, 0.15) is 25.0 Å². The molecule has 0 bridgehead atoms. The van der Waals surface area contributed by atoms with E-state index in [9.17, 15) is 0 Å². The maximum absolute atomic E-state index is 2.50. The summed E-state index contributed by atoms with van der Waals surface area (Å²) in [6.45, 7) is 4.75. The predicted molar refractivity (Wildman–Crippen MR) is 256 cm³/mol. The van der Waals surface area contributed by atoms with Gasteiger partial charge in [-0.3, -0.25) is 0 Å². The summed E-state index contributed by atoms with van der Waals surface area (Å²) in [6.07, 6.45) is 0. The molecule has 0 atom stereocenters. The number of para-hydroxylation sites is 3. The third kappa shape index (κ3) is 4.64. The molecule has 9 aromatic carbocycles. The number of aromatic nitrogens is 2. The Kier molecular flexibility index (Phi) is 6.98. The summed E-state index contributed by atoms with van der Waals surface area (Å²) in [6, 6.07) is 72.3. The molecule has 282 valence electrons. The molecular formula is C57H38N2S. The largest absolute Gasteiger partial charge is 0.309 e. The van der Waals surface area contributed by atoms with Crippen molar-refractivity contribution >= 4 is 75.1 Å². The van der Waals surface area contributed by atoms with Crippen LogP contribution in [-0.2, 0) is 5.41 Å². The average Bonchev–Trinajstić information content (AvgIpc) is 4.01. The molecule has 3 aromatic heterocycles. The monoisotopic (exact) mass is 782 g/mol. The molecule has 0 aliphatic heterocycles. The number of benzene rings is 9. The van der Waals surface area contributed by atoms with Crippen LogP contribution in [0.3, 0.4) is 0 Å². The van der Waals surface area contributed by atoms with Gasteiger partial charge in [-0.1, -0.05) is 141 Å². The van der Waals surface area contributed by atoms with Gasteiger partial charge in [0.05, 0.1) is 22.1 Å². The molecule has 0 unspecified atom stereocenters. The minimum atomic E-state index is -0.0792. The number of thiophene rings is 1. The Labute approximate surface area is 351 Å². The Bertz CT molecular complexity index is 3740. The van der Waals surface area contributed by atoms with E-state index in [-0.39, 0.29) is 5.41 Å². The first-order valence-corrected chi connectivity index (χ1v) is 21.7. The van der Waals surface area contributed by atoms with Crippen LogP contribution in [0.25, 0.3) is 109 Å². The number of hydrogen-bond donors (Lipinski definition) is 0. The van der Waals surface area contributed by atoms with Crippen LogP contribution in [0.15, 0.2) is 194 Å². The highest BCUT2D eigenvalue weighted by Gasteiger charge is 2.35. The Hall–Kier alpha value is -7.20. The molecule has 0 fully saturated rings. The molecule has 0 radical (unpaired) electrons. The maximum Gasteiger partial charge on any atom is 0.0547 e. The van der Waals surface area contributed by atoms with Crippen molar-refractivity contribution in [1.29, 1.82) is 0 Å². The van der Waals surface area contributed by atoms with Crippen molar-refractivity contribution in [1.82, 2.24) is 9.13 Å². The Morgan fingerprint density at radius 2 is 0.983 bits per heavy atom.